The molecule has 3 heterocycles. The molecule has 0 amide bonds. The number of nitrogens with zero attached hydrogens (tertiary/aromatic N) is 2. The summed E-state index contributed by atoms with van der Waals surface area (Å²) in [6.07, 6.45) is 4.76. The molecule has 2 nitrogen and oxygen atoms in total. The van der Waals surface area contributed by atoms with Gasteiger partial charge in [-0.25, -0.2) is 0 Å². The van der Waals surface area contributed by atoms with E-state index in [2.05, 4.69) is 246 Å². The van der Waals surface area contributed by atoms with E-state index in [1.54, 1.807) is 0 Å². The van der Waals surface area contributed by atoms with E-state index in [1.807, 2.05) is 0 Å². The third kappa shape index (κ3) is 7.07. The van der Waals surface area contributed by atoms with Crippen LogP contribution in [-0.2, 0) is 32.5 Å². The molecule has 0 atom stereocenters. The topological polar surface area (TPSA) is 6.48 Å². The van der Waals surface area contributed by atoms with Crippen LogP contribution in [0.4, 0.5) is 34.1 Å². The van der Waals surface area contributed by atoms with E-state index >= 15 is 0 Å². The van der Waals surface area contributed by atoms with Crippen LogP contribution in [-0.4, -0.2) is 6.71 Å². The summed E-state index contributed by atoms with van der Waals surface area (Å²) in [5.74, 6) is 0. The molecule has 1 aromatic heterocycles. The fourth-order valence-corrected chi connectivity index (χ4v) is 14.6. The Morgan fingerprint density at radius 3 is 1.70 bits per heavy atom. The van der Waals surface area contributed by atoms with Crippen LogP contribution in [0.1, 0.15) is 162 Å². The van der Waals surface area contributed by atoms with Crippen LogP contribution in [0, 0.1) is 6.92 Å². The van der Waals surface area contributed by atoms with E-state index < -0.39 is 0 Å². The molecule has 0 bridgehead atoms. The lowest BCUT2D eigenvalue weighted by Gasteiger charge is -2.45. The van der Waals surface area contributed by atoms with E-state index in [1.165, 1.54) is 146 Å². The number of aryl methyl sites for hydroxylation is 1. The molecule has 0 saturated carbocycles. The lowest BCUT2D eigenvalue weighted by Crippen LogP contribution is -2.60. The zero-order chi connectivity index (χ0) is 50.1. The zero-order valence-electron chi connectivity index (χ0n) is 45.3. The first-order valence-corrected chi connectivity index (χ1v) is 27.4. The number of benzene rings is 7. The Labute approximate surface area is 429 Å². The molecule has 0 spiro atoms. The van der Waals surface area contributed by atoms with E-state index in [0.29, 0.717) is 0 Å². The highest BCUT2D eigenvalue weighted by atomic mass is 32.1. The predicted molar refractivity (Wildman–Crippen MR) is 311 cm³/mol. The molecule has 360 valence electrons. The minimum absolute atomic E-state index is 0.0345. The average molecular weight is 949 g/mol. The van der Waals surface area contributed by atoms with E-state index in [0.717, 1.165) is 0 Å². The van der Waals surface area contributed by atoms with Crippen molar-refractivity contribution in [3.05, 3.63) is 160 Å². The maximum atomic E-state index is 2.74. The molecule has 8 aromatic rings. The molecule has 2 aliphatic heterocycles. The number of fused-ring (bicyclic) bond motifs is 9. The molecule has 4 aliphatic rings. The van der Waals surface area contributed by atoms with Crippen molar-refractivity contribution < 1.29 is 0 Å². The molecule has 0 saturated heterocycles. The molecule has 12 rings (SSSR count). The van der Waals surface area contributed by atoms with Crippen LogP contribution in [0.5, 0.6) is 0 Å². The predicted octanol–water partition coefficient (Wildman–Crippen LogP) is 17.4. The number of rotatable bonds is 3. The molecule has 0 unspecified atom stereocenters. The Morgan fingerprint density at radius 1 is 0.479 bits per heavy atom. The quantitative estimate of drug-likeness (QED) is 0.163. The molecule has 0 N–H and O–H groups in total. The Balaban J connectivity index is 1.21. The molecule has 71 heavy (non-hydrogen) atoms. The van der Waals surface area contributed by atoms with Crippen molar-refractivity contribution in [3.63, 3.8) is 0 Å². The van der Waals surface area contributed by atoms with Gasteiger partial charge >= 0.3 is 0 Å². The summed E-state index contributed by atoms with van der Waals surface area (Å²) in [5, 5.41) is 3.94. The van der Waals surface area contributed by atoms with Gasteiger partial charge in [-0.15, -0.1) is 11.3 Å². The minimum Gasteiger partial charge on any atom is -0.311 e. The van der Waals surface area contributed by atoms with Crippen LogP contribution >= 0.6 is 11.3 Å². The summed E-state index contributed by atoms with van der Waals surface area (Å²) in [7, 11) is 0. The van der Waals surface area contributed by atoms with Crippen LogP contribution < -0.4 is 25.5 Å². The van der Waals surface area contributed by atoms with Gasteiger partial charge in [-0.2, -0.15) is 0 Å². The maximum absolute atomic E-state index is 2.74. The maximum Gasteiger partial charge on any atom is 0.264 e. The first kappa shape index (κ1) is 46.5. The van der Waals surface area contributed by atoms with Crippen molar-refractivity contribution in [2.75, 3.05) is 9.80 Å². The van der Waals surface area contributed by atoms with Gasteiger partial charge in [0.25, 0.3) is 6.71 Å². The van der Waals surface area contributed by atoms with Gasteiger partial charge in [0.1, 0.15) is 0 Å². The number of hydrogen-bond donors (Lipinski definition) is 0. The standard InChI is InChI=1S/C67H73BN2S/c1-40-33-56-59-57(34-40)70(54-27-23-42(62(2,3)4)35-47(54)46-22-18-20-41-19-16-17-21-45(41)46)55-28-24-43(63(5,6)7)36-53(55)68(59)61-60(48-38-51-52(39-58(48)71-61)67(14,15)32-31-66(51,12)13)69(56)44-25-26-49-50(37-44)65(10,11)30-29-64(49,8)9/h16-28,33-39H,29-32H2,1-15H3. The van der Waals surface area contributed by atoms with Crippen molar-refractivity contribution in [1.29, 1.82) is 0 Å². The van der Waals surface area contributed by atoms with Crippen LogP contribution in [0.15, 0.2) is 121 Å². The SMILES string of the molecule is Cc1cc2c3c(c1)N(c1ccc4c(c1)C(C)(C)CCC4(C)C)c1c(sc4cc5c(cc14)C(C)(C)CCC5(C)C)B3c1cc(C(C)(C)C)ccc1N2c1ccc(C(C)(C)C)cc1-c1cccc2ccccc12. The Kier molecular flexibility index (Phi) is 9.98. The summed E-state index contributed by atoms with van der Waals surface area (Å²) < 4.78 is 2.86. The molecule has 4 heteroatoms. The number of anilines is 6. The smallest absolute Gasteiger partial charge is 0.264 e. The Morgan fingerprint density at radius 2 is 1.04 bits per heavy atom. The van der Waals surface area contributed by atoms with Gasteiger partial charge in [0.2, 0.25) is 0 Å². The van der Waals surface area contributed by atoms with Crippen molar-refractivity contribution in [3.8, 4) is 11.1 Å². The third-order valence-electron chi connectivity index (χ3n) is 17.9. The van der Waals surface area contributed by atoms with Gasteiger partial charge in [-0.3, -0.25) is 0 Å². The Bertz CT molecular complexity index is 3540. The first-order valence-electron chi connectivity index (χ1n) is 26.6. The van der Waals surface area contributed by atoms with Gasteiger partial charge < -0.3 is 9.80 Å². The first-order chi connectivity index (χ1) is 33.3. The monoisotopic (exact) mass is 949 g/mol. The minimum atomic E-state index is -0.0393. The molecular weight excluding hydrogens is 876 g/mol. The van der Waals surface area contributed by atoms with Crippen molar-refractivity contribution in [2.45, 2.75) is 162 Å². The van der Waals surface area contributed by atoms with Gasteiger partial charge in [-0.05, 0) is 186 Å². The molecule has 0 fully saturated rings. The summed E-state index contributed by atoms with van der Waals surface area (Å²) in [4.78, 5) is 5.42. The highest BCUT2D eigenvalue weighted by Crippen LogP contribution is 2.55. The van der Waals surface area contributed by atoms with Crippen molar-refractivity contribution in [1.82, 2.24) is 0 Å². The zero-order valence-corrected chi connectivity index (χ0v) is 46.1. The highest BCUT2D eigenvalue weighted by molar-refractivity contribution is 7.33. The summed E-state index contributed by atoms with van der Waals surface area (Å²) in [5.41, 5.74) is 23.4. The lowest BCUT2D eigenvalue weighted by atomic mass is 9.36. The molecule has 0 radical (unpaired) electrons. The second-order valence-corrected chi connectivity index (χ2v) is 27.9. The highest BCUT2D eigenvalue weighted by Gasteiger charge is 2.48. The van der Waals surface area contributed by atoms with Gasteiger partial charge in [-0.1, -0.05) is 164 Å². The number of thiophene rings is 1. The lowest BCUT2D eigenvalue weighted by molar-refractivity contribution is 0.332. The van der Waals surface area contributed by atoms with E-state index in [4.69, 9.17) is 0 Å². The summed E-state index contributed by atoms with van der Waals surface area (Å²) in [6.45, 7) is 36.4. The average Bonchev–Trinajstić information content (AvgIpc) is 3.68. The summed E-state index contributed by atoms with van der Waals surface area (Å²) in [6, 6.07) is 48.6. The van der Waals surface area contributed by atoms with Crippen molar-refractivity contribution >= 4 is 88.7 Å². The van der Waals surface area contributed by atoms with E-state index in [-0.39, 0.29) is 39.2 Å². The van der Waals surface area contributed by atoms with Crippen molar-refractivity contribution in [2.24, 2.45) is 0 Å². The largest absolute Gasteiger partial charge is 0.311 e. The summed E-state index contributed by atoms with van der Waals surface area (Å²) >= 11 is 2.06. The van der Waals surface area contributed by atoms with Crippen LogP contribution in [0.3, 0.4) is 0 Å². The van der Waals surface area contributed by atoms with Gasteiger partial charge in [0.15, 0.2) is 0 Å². The van der Waals surface area contributed by atoms with Gasteiger partial charge in [0, 0.05) is 43.2 Å². The fraction of sp³-hybridized carbons (Fsp3) is 0.373. The fourth-order valence-electron chi connectivity index (χ4n) is 13.3. The Hall–Kier alpha value is -5.58. The number of hydrogen-bond acceptors (Lipinski definition) is 3. The van der Waals surface area contributed by atoms with Crippen LogP contribution in [0.2, 0.25) is 0 Å². The van der Waals surface area contributed by atoms with E-state index in [9.17, 15) is 0 Å². The normalized spacial score (nSPS) is 18.2. The second-order valence-electron chi connectivity index (χ2n) is 26.8. The molecular formula is C67H73BN2S. The second kappa shape index (κ2) is 15.2. The molecule has 7 aromatic carbocycles. The van der Waals surface area contributed by atoms with Gasteiger partial charge in [0.05, 0.1) is 11.4 Å². The molecule has 2 aliphatic carbocycles. The third-order valence-corrected chi connectivity index (χ3v) is 19.1. The van der Waals surface area contributed by atoms with Crippen LogP contribution in [0.25, 0.3) is 32.0 Å².